The molecule has 5 aromatic rings. The van der Waals surface area contributed by atoms with E-state index >= 15 is 4.39 Å². The van der Waals surface area contributed by atoms with Crippen LogP contribution in [0.1, 0.15) is 113 Å². The van der Waals surface area contributed by atoms with Crippen molar-refractivity contribution in [1.29, 1.82) is 0 Å². The van der Waals surface area contributed by atoms with E-state index in [4.69, 9.17) is 4.74 Å². The zero-order chi connectivity index (χ0) is 34.3. The third-order valence-corrected chi connectivity index (χ3v) is 13.2. The van der Waals surface area contributed by atoms with E-state index in [0.717, 1.165) is 49.8 Å². The molecule has 0 saturated heterocycles. The predicted octanol–water partition coefficient (Wildman–Crippen LogP) is 10.1. The molecule has 2 aromatic heterocycles. The molecular formula is C45H51FN2O+2. The summed E-state index contributed by atoms with van der Waals surface area (Å²) >= 11 is 0. The molecule has 0 amide bonds. The molecule has 2 aliphatic carbocycles. The molecule has 1 fully saturated rings. The maximum Gasteiger partial charge on any atom is 0.221 e. The Labute approximate surface area is 291 Å². The monoisotopic (exact) mass is 654 g/mol. The number of pyridine rings is 2. The van der Waals surface area contributed by atoms with Gasteiger partial charge in [0.25, 0.3) is 0 Å². The molecule has 1 aliphatic heterocycles. The van der Waals surface area contributed by atoms with Gasteiger partial charge in [-0.25, -0.2) is 8.96 Å². The summed E-state index contributed by atoms with van der Waals surface area (Å²) in [4.78, 5) is 0. The molecule has 1 saturated carbocycles. The van der Waals surface area contributed by atoms with E-state index in [2.05, 4.69) is 124 Å². The summed E-state index contributed by atoms with van der Waals surface area (Å²) in [5, 5.41) is 2.70. The fourth-order valence-corrected chi connectivity index (χ4v) is 10.6. The molecule has 252 valence electrons. The van der Waals surface area contributed by atoms with Crippen molar-refractivity contribution in [3.63, 3.8) is 0 Å². The lowest BCUT2D eigenvalue weighted by atomic mass is 9.53. The van der Waals surface area contributed by atoms with E-state index in [0.29, 0.717) is 0 Å². The first-order valence-electron chi connectivity index (χ1n) is 18.6. The highest BCUT2D eigenvalue weighted by Crippen LogP contribution is 2.63. The van der Waals surface area contributed by atoms with Crippen LogP contribution >= 0.6 is 0 Å². The first kappa shape index (κ1) is 32.2. The SMILES string of the molecule is CCCCc1ccc2c3c4[n+](ccc13)C1(CC)CCC(c3ccc(OC)cc3-c3cccc[n+]3C)C(CC)(C1)c1ccc(F)c(c1-4)C2(C)C. The van der Waals surface area contributed by atoms with Crippen molar-refractivity contribution in [1.82, 2.24) is 0 Å². The second-order valence-electron chi connectivity index (χ2n) is 15.7. The zero-order valence-electron chi connectivity index (χ0n) is 30.4. The van der Waals surface area contributed by atoms with Crippen molar-refractivity contribution in [3.8, 4) is 28.3 Å². The first-order chi connectivity index (χ1) is 23.7. The Morgan fingerprint density at radius 1 is 0.918 bits per heavy atom. The number of aromatic nitrogens is 2. The Kier molecular flexibility index (Phi) is 7.55. The number of hydrogen-bond donors (Lipinski definition) is 0. The number of nitrogens with zero attached hydrogens (tertiary/aromatic N) is 2. The van der Waals surface area contributed by atoms with Crippen molar-refractivity contribution >= 4 is 10.8 Å². The van der Waals surface area contributed by atoms with Crippen molar-refractivity contribution < 1.29 is 18.3 Å². The number of hydrogen-bond acceptors (Lipinski definition) is 1. The average molecular weight is 655 g/mol. The van der Waals surface area contributed by atoms with Gasteiger partial charge in [0, 0.05) is 53.9 Å². The molecule has 0 N–H and O–H groups in total. The molecule has 3 heterocycles. The largest absolute Gasteiger partial charge is 0.497 e. The van der Waals surface area contributed by atoms with Crippen LogP contribution < -0.4 is 13.9 Å². The van der Waals surface area contributed by atoms with Crippen LogP contribution in [0.2, 0.25) is 0 Å². The summed E-state index contributed by atoms with van der Waals surface area (Å²) < 4.78 is 27.4. The highest BCUT2D eigenvalue weighted by Gasteiger charge is 2.60. The van der Waals surface area contributed by atoms with E-state index in [-0.39, 0.29) is 22.7 Å². The second kappa shape index (κ2) is 11.5. The highest BCUT2D eigenvalue weighted by molar-refractivity contribution is 6.02. The van der Waals surface area contributed by atoms with Crippen LogP contribution in [0.25, 0.3) is 33.3 Å². The van der Waals surface area contributed by atoms with E-state index in [1.807, 2.05) is 0 Å². The molecule has 3 aromatic carbocycles. The Balaban J connectivity index is 1.49. The van der Waals surface area contributed by atoms with Gasteiger partial charge in [-0.1, -0.05) is 65.3 Å². The van der Waals surface area contributed by atoms with Crippen molar-refractivity contribution in [2.24, 2.45) is 7.05 Å². The topological polar surface area (TPSA) is 17.0 Å². The van der Waals surface area contributed by atoms with Crippen LogP contribution in [0.15, 0.2) is 79.1 Å². The third kappa shape index (κ3) is 4.38. The summed E-state index contributed by atoms with van der Waals surface area (Å²) in [6, 6.07) is 24.2. The number of rotatable bonds is 8. The molecule has 3 unspecified atom stereocenters. The number of halogens is 1. The van der Waals surface area contributed by atoms with Gasteiger partial charge in [-0.15, -0.1) is 0 Å². The minimum Gasteiger partial charge on any atom is -0.497 e. The van der Waals surface area contributed by atoms with Crippen LogP contribution in [-0.2, 0) is 29.8 Å². The predicted molar refractivity (Wildman–Crippen MR) is 197 cm³/mol. The van der Waals surface area contributed by atoms with Gasteiger partial charge in [0.1, 0.15) is 18.6 Å². The van der Waals surface area contributed by atoms with Crippen molar-refractivity contribution in [2.75, 3.05) is 7.11 Å². The molecular weight excluding hydrogens is 604 g/mol. The van der Waals surface area contributed by atoms with Gasteiger partial charge < -0.3 is 4.74 Å². The summed E-state index contributed by atoms with van der Waals surface area (Å²) in [6.45, 7) is 11.6. The molecule has 4 heteroatoms. The maximum absolute atomic E-state index is 16.7. The Morgan fingerprint density at radius 3 is 2.47 bits per heavy atom. The maximum atomic E-state index is 16.7. The average Bonchev–Trinajstić information content (AvgIpc) is 3.20. The van der Waals surface area contributed by atoms with Crippen LogP contribution in [0, 0.1) is 5.82 Å². The zero-order valence-corrected chi connectivity index (χ0v) is 30.4. The number of fused-ring (bicyclic) bond motifs is 4. The number of ether oxygens (including phenoxy) is 1. The Hall–Kier alpha value is -4.05. The molecule has 8 rings (SSSR count). The fourth-order valence-electron chi connectivity index (χ4n) is 10.6. The van der Waals surface area contributed by atoms with Gasteiger partial charge in [-0.3, -0.25) is 0 Å². The second-order valence-corrected chi connectivity index (χ2v) is 15.7. The van der Waals surface area contributed by atoms with Gasteiger partial charge in [0.2, 0.25) is 11.4 Å². The Bertz CT molecular complexity index is 2130. The summed E-state index contributed by atoms with van der Waals surface area (Å²) in [5.74, 6) is 1.03. The van der Waals surface area contributed by atoms with Gasteiger partial charge in [0.15, 0.2) is 17.9 Å². The summed E-state index contributed by atoms with van der Waals surface area (Å²) in [7, 11) is 3.89. The smallest absolute Gasteiger partial charge is 0.221 e. The fraction of sp³-hybridized carbons (Fsp3) is 0.422. The van der Waals surface area contributed by atoms with E-state index < -0.39 is 5.41 Å². The van der Waals surface area contributed by atoms with E-state index in [1.54, 1.807) is 13.2 Å². The van der Waals surface area contributed by atoms with Gasteiger partial charge in [-0.2, -0.15) is 4.57 Å². The normalized spacial score (nSPS) is 23.0. The number of aryl methyl sites for hydroxylation is 2. The molecule has 0 spiro atoms. The van der Waals surface area contributed by atoms with Crippen LogP contribution in [0.3, 0.4) is 0 Å². The van der Waals surface area contributed by atoms with E-state index in [1.165, 1.54) is 68.4 Å². The lowest BCUT2D eigenvalue weighted by Crippen LogP contribution is -2.61. The highest BCUT2D eigenvalue weighted by atomic mass is 19.1. The van der Waals surface area contributed by atoms with Gasteiger partial charge >= 0.3 is 0 Å². The minimum atomic E-state index is -0.478. The van der Waals surface area contributed by atoms with Gasteiger partial charge in [-0.05, 0) is 83.5 Å². The molecule has 3 nitrogen and oxygen atoms in total. The van der Waals surface area contributed by atoms with Crippen molar-refractivity contribution in [2.45, 2.75) is 108 Å². The molecule has 3 aliphatic rings. The minimum absolute atomic E-state index is 0.0784. The van der Waals surface area contributed by atoms with Crippen LogP contribution in [-0.4, -0.2) is 7.11 Å². The number of unbranched alkanes of at least 4 members (excludes halogenated alkanes) is 1. The third-order valence-electron chi connectivity index (χ3n) is 13.2. The standard InChI is InChI=1S/C45H51FN2O/c1-8-11-14-29-16-19-35-39-31(29)23-26-48-42(39)40-36(20-21-37(46)41(40)43(35,4)5)45(10-3)28-44(48,9-2)24-22-34(45)32-18-17-30(49-7)27-33(32)38-15-12-13-25-47(38)6/h12-13,15-21,23,25-27,34H,8-11,14,22,24,28H2,1-7H3/q+2. The number of benzene rings is 3. The summed E-state index contributed by atoms with van der Waals surface area (Å²) in [5.41, 5.74) is 10.3. The Morgan fingerprint density at radius 2 is 1.73 bits per heavy atom. The number of methoxy groups -OCH3 is 1. The van der Waals surface area contributed by atoms with Crippen LogP contribution in [0.5, 0.6) is 5.75 Å². The van der Waals surface area contributed by atoms with Crippen molar-refractivity contribution in [3.05, 3.63) is 113 Å². The molecule has 2 bridgehead atoms. The van der Waals surface area contributed by atoms with Gasteiger partial charge in [0.05, 0.1) is 23.6 Å². The molecule has 0 radical (unpaired) electrons. The van der Waals surface area contributed by atoms with Crippen LogP contribution in [0.4, 0.5) is 4.39 Å². The lowest BCUT2D eigenvalue weighted by molar-refractivity contribution is -0.759. The lowest BCUT2D eigenvalue weighted by Gasteiger charge is -2.49. The molecule has 3 atom stereocenters. The van der Waals surface area contributed by atoms with E-state index in [9.17, 15) is 0 Å². The quantitative estimate of drug-likeness (QED) is 0.152. The molecule has 49 heavy (non-hydrogen) atoms. The first-order valence-corrected chi connectivity index (χ1v) is 18.6. The summed E-state index contributed by atoms with van der Waals surface area (Å²) in [6.07, 6.45) is 13.1.